The topological polar surface area (TPSA) is 72.9 Å². The summed E-state index contributed by atoms with van der Waals surface area (Å²) in [5.74, 6) is 0.821. The Morgan fingerprint density at radius 1 is 1.16 bits per heavy atom. The number of hydrogen-bond acceptors (Lipinski definition) is 5. The highest BCUT2D eigenvalue weighted by Crippen LogP contribution is 2.23. The van der Waals surface area contributed by atoms with Gasteiger partial charge in [0.25, 0.3) is 5.69 Å². The Balaban J connectivity index is 1.71. The highest BCUT2D eigenvalue weighted by Gasteiger charge is 2.09. The number of imidazole rings is 1. The monoisotopic (exact) mass is 340 g/mol. The van der Waals surface area contributed by atoms with E-state index < -0.39 is 4.92 Å². The van der Waals surface area contributed by atoms with Crippen LogP contribution >= 0.6 is 0 Å². The number of fused-ring (bicyclic) bond motifs is 1. The first-order valence-corrected chi connectivity index (χ1v) is 8.04. The number of pyridine rings is 1. The van der Waals surface area contributed by atoms with Crippen molar-refractivity contribution in [1.82, 2.24) is 14.3 Å². The maximum Gasteiger partial charge on any atom is 0.286 e. The summed E-state index contributed by atoms with van der Waals surface area (Å²) in [6, 6.07) is 10.8. The molecule has 0 aliphatic heterocycles. The van der Waals surface area contributed by atoms with Crippen molar-refractivity contribution in [2.45, 2.75) is 6.42 Å². The van der Waals surface area contributed by atoms with Crippen molar-refractivity contribution in [2.24, 2.45) is 0 Å². The summed E-state index contributed by atoms with van der Waals surface area (Å²) < 4.78 is 7.39. The minimum absolute atomic E-state index is 0.0397. The van der Waals surface area contributed by atoms with E-state index in [0.29, 0.717) is 12.3 Å². The summed E-state index contributed by atoms with van der Waals surface area (Å²) in [5, 5.41) is 10.9. The van der Waals surface area contributed by atoms with E-state index in [4.69, 9.17) is 4.74 Å². The van der Waals surface area contributed by atoms with Crippen LogP contribution in [0.15, 0.2) is 48.8 Å². The van der Waals surface area contributed by atoms with Crippen LogP contribution in [-0.4, -0.2) is 46.5 Å². The van der Waals surface area contributed by atoms with Crippen molar-refractivity contribution < 1.29 is 9.66 Å². The lowest BCUT2D eigenvalue weighted by molar-refractivity contribution is -0.385. The molecule has 0 atom stereocenters. The molecule has 0 bridgehead atoms. The van der Waals surface area contributed by atoms with Gasteiger partial charge in [-0.15, -0.1) is 0 Å². The Labute approximate surface area is 145 Å². The van der Waals surface area contributed by atoms with Gasteiger partial charge in [-0.1, -0.05) is 0 Å². The molecule has 3 aromatic rings. The Bertz CT molecular complexity index is 872. The third-order valence-corrected chi connectivity index (χ3v) is 3.81. The molecule has 0 amide bonds. The van der Waals surface area contributed by atoms with Crippen LogP contribution in [0.2, 0.25) is 0 Å². The molecule has 0 spiro atoms. The van der Waals surface area contributed by atoms with Crippen LogP contribution in [-0.2, 0) is 0 Å². The molecule has 2 aromatic heterocycles. The zero-order valence-corrected chi connectivity index (χ0v) is 14.3. The standard InChI is InChI=1S/C18H20N4O3/c1-20(2)10-3-11-25-16-7-4-14(5-8-16)17-13-21-12-15(22(23)24)6-9-18(21)19-17/h4-9,12-13H,3,10-11H2,1-2H3. The highest BCUT2D eigenvalue weighted by molar-refractivity contribution is 5.63. The fourth-order valence-electron chi connectivity index (χ4n) is 2.52. The predicted molar refractivity (Wildman–Crippen MR) is 95.9 cm³/mol. The SMILES string of the molecule is CN(C)CCCOc1ccc(-c2cn3cc([N+](=O)[O-])ccc3n2)cc1. The van der Waals surface area contributed by atoms with Crippen LogP contribution in [0.5, 0.6) is 5.75 Å². The third-order valence-electron chi connectivity index (χ3n) is 3.81. The van der Waals surface area contributed by atoms with Gasteiger partial charge in [0, 0.05) is 24.4 Å². The quantitative estimate of drug-likeness (QED) is 0.375. The number of nitrogens with zero attached hydrogens (tertiary/aromatic N) is 4. The molecule has 25 heavy (non-hydrogen) atoms. The van der Waals surface area contributed by atoms with Gasteiger partial charge in [0.2, 0.25) is 0 Å². The summed E-state index contributed by atoms with van der Waals surface area (Å²) in [6.07, 6.45) is 4.23. The number of hydrogen-bond donors (Lipinski definition) is 0. The first kappa shape index (κ1) is 16.9. The third kappa shape index (κ3) is 4.13. The van der Waals surface area contributed by atoms with Crippen LogP contribution in [0.25, 0.3) is 16.9 Å². The number of nitro groups is 1. The van der Waals surface area contributed by atoms with Gasteiger partial charge in [-0.2, -0.15) is 0 Å². The summed E-state index contributed by atoms with van der Waals surface area (Å²) in [5.41, 5.74) is 2.41. The molecule has 0 fully saturated rings. The van der Waals surface area contributed by atoms with Crippen LogP contribution in [0.4, 0.5) is 5.69 Å². The molecule has 2 heterocycles. The van der Waals surface area contributed by atoms with Gasteiger partial charge >= 0.3 is 0 Å². The van der Waals surface area contributed by atoms with Gasteiger partial charge in [0.1, 0.15) is 11.4 Å². The maximum atomic E-state index is 10.9. The molecular weight excluding hydrogens is 320 g/mol. The Morgan fingerprint density at radius 2 is 1.92 bits per heavy atom. The zero-order valence-electron chi connectivity index (χ0n) is 14.3. The summed E-state index contributed by atoms with van der Waals surface area (Å²) in [4.78, 5) is 17.1. The van der Waals surface area contributed by atoms with Crippen molar-refractivity contribution >= 4 is 11.3 Å². The van der Waals surface area contributed by atoms with Crippen LogP contribution < -0.4 is 4.74 Å². The van der Waals surface area contributed by atoms with E-state index in [0.717, 1.165) is 30.0 Å². The minimum atomic E-state index is -0.415. The second-order valence-corrected chi connectivity index (χ2v) is 6.07. The molecule has 0 unspecified atom stereocenters. The van der Waals surface area contributed by atoms with E-state index >= 15 is 0 Å². The van der Waals surface area contributed by atoms with Gasteiger partial charge in [0.15, 0.2) is 0 Å². The van der Waals surface area contributed by atoms with E-state index in [-0.39, 0.29) is 5.69 Å². The van der Waals surface area contributed by atoms with E-state index in [1.54, 1.807) is 16.7 Å². The molecule has 7 nitrogen and oxygen atoms in total. The van der Waals surface area contributed by atoms with E-state index in [1.165, 1.54) is 12.3 Å². The van der Waals surface area contributed by atoms with E-state index in [9.17, 15) is 10.1 Å². The first-order chi connectivity index (χ1) is 12.0. The number of benzene rings is 1. The van der Waals surface area contributed by atoms with Crippen molar-refractivity contribution in [1.29, 1.82) is 0 Å². The van der Waals surface area contributed by atoms with Crippen molar-refractivity contribution in [3.8, 4) is 17.0 Å². The molecule has 0 saturated heterocycles. The average Bonchev–Trinajstić information content (AvgIpc) is 3.02. The Kier molecular flexibility index (Phi) is 4.95. The molecule has 130 valence electrons. The van der Waals surface area contributed by atoms with Gasteiger partial charge in [-0.05, 0) is 50.8 Å². The van der Waals surface area contributed by atoms with Gasteiger partial charge in [-0.3, -0.25) is 14.5 Å². The van der Waals surface area contributed by atoms with E-state index in [2.05, 4.69) is 9.88 Å². The summed E-state index contributed by atoms with van der Waals surface area (Å²) in [6.45, 7) is 1.67. The molecule has 0 saturated carbocycles. The lowest BCUT2D eigenvalue weighted by Crippen LogP contribution is -2.15. The highest BCUT2D eigenvalue weighted by atomic mass is 16.6. The lowest BCUT2D eigenvalue weighted by Gasteiger charge is -2.10. The van der Waals surface area contributed by atoms with Crippen LogP contribution in [0.1, 0.15) is 6.42 Å². The Hall–Kier alpha value is -2.93. The van der Waals surface area contributed by atoms with Gasteiger partial charge in [0.05, 0.1) is 23.4 Å². The fourth-order valence-corrected chi connectivity index (χ4v) is 2.52. The summed E-state index contributed by atoms with van der Waals surface area (Å²) >= 11 is 0. The molecule has 0 N–H and O–H groups in total. The number of ether oxygens (including phenoxy) is 1. The summed E-state index contributed by atoms with van der Waals surface area (Å²) in [7, 11) is 4.08. The second kappa shape index (κ2) is 7.31. The average molecular weight is 340 g/mol. The maximum absolute atomic E-state index is 10.9. The van der Waals surface area contributed by atoms with Crippen LogP contribution in [0.3, 0.4) is 0 Å². The first-order valence-electron chi connectivity index (χ1n) is 8.04. The Morgan fingerprint density at radius 3 is 2.60 bits per heavy atom. The lowest BCUT2D eigenvalue weighted by atomic mass is 10.2. The van der Waals surface area contributed by atoms with Gasteiger partial charge in [-0.25, -0.2) is 4.98 Å². The van der Waals surface area contributed by atoms with Crippen molar-refractivity contribution in [2.75, 3.05) is 27.2 Å². The number of aromatic nitrogens is 2. The van der Waals surface area contributed by atoms with Crippen molar-refractivity contribution in [3.63, 3.8) is 0 Å². The fraction of sp³-hybridized carbons (Fsp3) is 0.278. The molecule has 1 aromatic carbocycles. The minimum Gasteiger partial charge on any atom is -0.494 e. The molecular formula is C18H20N4O3. The second-order valence-electron chi connectivity index (χ2n) is 6.07. The van der Waals surface area contributed by atoms with Gasteiger partial charge < -0.3 is 9.64 Å². The molecule has 0 radical (unpaired) electrons. The molecule has 3 rings (SSSR count). The molecule has 7 heteroatoms. The predicted octanol–water partition coefficient (Wildman–Crippen LogP) is 3.24. The van der Waals surface area contributed by atoms with Crippen molar-refractivity contribution in [3.05, 3.63) is 58.9 Å². The molecule has 0 aliphatic rings. The van der Waals surface area contributed by atoms with E-state index in [1.807, 2.05) is 38.4 Å². The largest absolute Gasteiger partial charge is 0.494 e. The molecule has 0 aliphatic carbocycles. The zero-order chi connectivity index (χ0) is 17.8. The number of rotatable bonds is 7. The smallest absolute Gasteiger partial charge is 0.286 e. The normalized spacial score (nSPS) is 11.2. The van der Waals surface area contributed by atoms with Crippen LogP contribution in [0, 0.1) is 10.1 Å².